The molecule has 13 heteroatoms. The van der Waals surface area contributed by atoms with Gasteiger partial charge in [-0.25, -0.2) is 9.59 Å². The van der Waals surface area contributed by atoms with Gasteiger partial charge in [0.15, 0.2) is 0 Å². The number of aliphatic hydroxyl groups is 5. The Bertz CT molecular complexity index is 2060. The van der Waals surface area contributed by atoms with Gasteiger partial charge in [0.2, 0.25) is 0 Å². The lowest BCUT2D eigenvalue weighted by Gasteiger charge is -2.74. The van der Waals surface area contributed by atoms with Crippen LogP contribution in [0.25, 0.3) is 0 Å². The molecule has 2 aromatic rings. The average molecular weight is 815 g/mol. The van der Waals surface area contributed by atoms with Gasteiger partial charge in [0.05, 0.1) is 23.4 Å². The highest BCUT2D eigenvalue weighted by molar-refractivity contribution is 5.89. The third-order valence-electron chi connectivity index (χ3n) is 16.2. The van der Waals surface area contributed by atoms with Crippen molar-refractivity contribution in [1.29, 1.82) is 0 Å². The van der Waals surface area contributed by atoms with E-state index in [4.69, 9.17) is 28.4 Å². The Labute approximate surface area is 342 Å². The van der Waals surface area contributed by atoms with Crippen LogP contribution >= 0.6 is 0 Å². The Morgan fingerprint density at radius 3 is 2.29 bits per heavy atom. The minimum atomic E-state index is -2.22. The van der Waals surface area contributed by atoms with Crippen LogP contribution in [0.2, 0.25) is 0 Å². The highest BCUT2D eigenvalue weighted by atomic mass is 16.9. The second-order valence-corrected chi connectivity index (χ2v) is 19.0. The first-order valence-corrected chi connectivity index (χ1v) is 21.2. The lowest BCUT2D eigenvalue weighted by Crippen LogP contribution is -2.89. The number of carbonyl (C=O) groups excluding carboxylic acids is 2. The molecule has 59 heavy (non-hydrogen) atoms. The first kappa shape index (κ1) is 39.6. The van der Waals surface area contributed by atoms with Gasteiger partial charge in [-0.2, -0.15) is 0 Å². The maximum Gasteiger partial charge on any atom is 0.338 e. The van der Waals surface area contributed by atoms with Crippen molar-refractivity contribution < 1.29 is 63.5 Å². The SMILES string of the molecule is C[C@H]1[C@@H]2CC[C@@H]1[C@@H](OC(=O)c1ccccc1)/C=C\C=C/C(=O)O[C@H]1[C@@H](C)C[C@@H]3[C@]1(O)[C@H](O)[C@@]1(CO)OC1[C@H]1[C@H]4O[C@]5(c6ccccc6)O[C@@H]([C@@H](C)[C@]31O5)[C@@]4(O)[C@](C)(O)C2. The Kier molecular flexibility index (Phi) is 8.90. The number of allylic oxidation sites excluding steroid dienone is 2. The maximum atomic E-state index is 13.7. The number of hydrogen-bond donors (Lipinski definition) is 5. The molecule has 316 valence electrons. The van der Waals surface area contributed by atoms with E-state index < -0.39 is 113 Å². The van der Waals surface area contributed by atoms with Gasteiger partial charge in [0.1, 0.15) is 53.4 Å². The van der Waals surface area contributed by atoms with Crippen molar-refractivity contribution >= 4 is 11.9 Å². The fourth-order valence-electron chi connectivity index (χ4n) is 13.3. The number of aliphatic hydroxyl groups excluding tert-OH is 2. The second kappa shape index (κ2) is 13.3. The molecule has 6 aliphatic heterocycles. The summed E-state index contributed by atoms with van der Waals surface area (Å²) in [7, 11) is 0. The highest BCUT2D eigenvalue weighted by Gasteiger charge is 2.91. The first-order valence-electron chi connectivity index (χ1n) is 21.2. The number of hydrogen-bond acceptors (Lipinski definition) is 13. The van der Waals surface area contributed by atoms with E-state index in [0.29, 0.717) is 24.0 Å². The first-order chi connectivity index (χ1) is 28.1. The number of rotatable bonds is 4. The molecular weight excluding hydrogens is 760 g/mol. The zero-order valence-corrected chi connectivity index (χ0v) is 33.6. The normalized spacial score (nSPS) is 52.8. The number of ether oxygens (including phenoxy) is 6. The molecule has 12 rings (SSSR count). The lowest BCUT2D eigenvalue weighted by molar-refractivity contribution is -0.595. The number of benzene rings is 2. The molecule has 0 radical (unpaired) electrons. The molecule has 2 aromatic carbocycles. The molecule has 5 N–H and O–H groups in total. The summed E-state index contributed by atoms with van der Waals surface area (Å²) >= 11 is 0. The number of fused-ring (bicyclic) bond motifs is 6. The molecule has 1 unspecified atom stereocenters. The molecule has 4 aliphatic carbocycles. The van der Waals surface area contributed by atoms with Crippen LogP contribution in [0.5, 0.6) is 0 Å². The van der Waals surface area contributed by atoms with Crippen LogP contribution in [0.4, 0.5) is 0 Å². The van der Waals surface area contributed by atoms with Crippen LogP contribution in [0.1, 0.15) is 69.3 Å². The summed E-state index contributed by atoms with van der Waals surface area (Å²) < 4.78 is 39.7. The van der Waals surface area contributed by atoms with Crippen LogP contribution in [0.15, 0.2) is 85.0 Å². The van der Waals surface area contributed by atoms with Crippen molar-refractivity contribution in [2.45, 2.75) is 124 Å². The van der Waals surface area contributed by atoms with Crippen molar-refractivity contribution in [2.75, 3.05) is 6.61 Å². The fraction of sp³-hybridized carbons (Fsp3) is 0.609. The Morgan fingerprint density at radius 2 is 1.58 bits per heavy atom. The maximum absolute atomic E-state index is 13.7. The second-order valence-electron chi connectivity index (χ2n) is 19.0. The zero-order valence-electron chi connectivity index (χ0n) is 33.6. The Morgan fingerprint density at radius 1 is 0.881 bits per heavy atom. The van der Waals surface area contributed by atoms with Crippen LogP contribution in [0.3, 0.4) is 0 Å². The minimum absolute atomic E-state index is 0.102. The van der Waals surface area contributed by atoms with Crippen LogP contribution in [-0.4, -0.2) is 109 Å². The standard InChI is InChI=1S/C46H54O13/c1-24-21-32-43(52)35(24)55-33(48)18-12-11-17-31(54-39(49)27-13-7-5-8-14-27)30-20-19-28(25(30)2)22-41(4,51)45(53)36-26(3)44(32)34(37-42(23-47,56-37)40(43)50)38(45)58-46(57-36,59-44)29-15-9-6-10-16-29/h5-18,24-26,28,30-32,34-38,40,47,50-53H,19-23H2,1-4H3/b17-11-,18-12-/t24-,25-,26+,28+,30-,31-,32+,34-,35-,36-,37?,38+,40+,41+,42-,43+,44-,45-,46-/m0/s1. The van der Waals surface area contributed by atoms with Crippen molar-refractivity contribution in [3.63, 3.8) is 0 Å². The summed E-state index contributed by atoms with van der Waals surface area (Å²) in [5.41, 5.74) is -8.50. The molecule has 4 saturated carbocycles. The van der Waals surface area contributed by atoms with Crippen molar-refractivity contribution in [3.05, 3.63) is 96.1 Å². The number of carbonyl (C=O) groups is 2. The van der Waals surface area contributed by atoms with E-state index in [1.807, 2.05) is 38.1 Å². The lowest BCUT2D eigenvalue weighted by atomic mass is 9.49. The van der Waals surface area contributed by atoms with E-state index in [1.54, 1.807) is 55.5 Å². The monoisotopic (exact) mass is 814 g/mol. The summed E-state index contributed by atoms with van der Waals surface area (Å²) in [6.07, 6.45) is 0.608. The van der Waals surface area contributed by atoms with Gasteiger partial charge in [-0.15, -0.1) is 0 Å². The van der Waals surface area contributed by atoms with Gasteiger partial charge in [0, 0.05) is 35.3 Å². The van der Waals surface area contributed by atoms with Crippen LogP contribution in [-0.2, 0) is 39.2 Å². The third kappa shape index (κ3) is 5.17. The molecule has 13 nitrogen and oxygen atoms in total. The molecule has 8 fully saturated rings. The summed E-state index contributed by atoms with van der Waals surface area (Å²) in [6, 6.07) is 17.7. The molecule has 0 aromatic heterocycles. The van der Waals surface area contributed by atoms with Gasteiger partial charge >= 0.3 is 17.9 Å². The molecule has 19 atom stereocenters. The zero-order chi connectivity index (χ0) is 41.5. The summed E-state index contributed by atoms with van der Waals surface area (Å²) in [5.74, 6) is -6.79. The molecule has 10 aliphatic rings. The molecular formula is C46H54O13. The Hall–Kier alpha value is -3.50. The third-order valence-corrected chi connectivity index (χ3v) is 16.2. The van der Waals surface area contributed by atoms with Crippen molar-refractivity contribution in [3.8, 4) is 0 Å². The molecule has 1 spiro atoms. The van der Waals surface area contributed by atoms with Gasteiger partial charge in [-0.3, -0.25) is 0 Å². The molecule has 11 bridgehead atoms. The van der Waals surface area contributed by atoms with E-state index in [-0.39, 0.29) is 30.6 Å². The van der Waals surface area contributed by atoms with Gasteiger partial charge < -0.3 is 54.0 Å². The van der Waals surface area contributed by atoms with E-state index in [1.165, 1.54) is 12.2 Å². The van der Waals surface area contributed by atoms with Gasteiger partial charge in [-0.1, -0.05) is 81.5 Å². The fourth-order valence-corrected chi connectivity index (χ4v) is 13.3. The summed E-state index contributed by atoms with van der Waals surface area (Å²) in [4.78, 5) is 27.2. The van der Waals surface area contributed by atoms with Crippen molar-refractivity contribution in [1.82, 2.24) is 0 Å². The summed E-state index contributed by atoms with van der Waals surface area (Å²) in [5, 5.41) is 63.4. The van der Waals surface area contributed by atoms with Crippen molar-refractivity contribution in [2.24, 2.45) is 41.4 Å². The topological polar surface area (TPSA) is 194 Å². The Balaban J connectivity index is 1.14. The summed E-state index contributed by atoms with van der Waals surface area (Å²) in [6.45, 7) is 6.66. The van der Waals surface area contributed by atoms with Gasteiger partial charge in [0.25, 0.3) is 0 Å². The smallest absolute Gasteiger partial charge is 0.338 e. The van der Waals surface area contributed by atoms with E-state index in [9.17, 15) is 35.1 Å². The number of esters is 2. The molecule has 6 heterocycles. The largest absolute Gasteiger partial charge is 0.456 e. The predicted molar refractivity (Wildman–Crippen MR) is 207 cm³/mol. The van der Waals surface area contributed by atoms with E-state index >= 15 is 0 Å². The average Bonchev–Trinajstić information content (AvgIpc) is 3.79. The predicted octanol–water partition coefficient (Wildman–Crippen LogP) is 3.31. The van der Waals surface area contributed by atoms with E-state index in [2.05, 4.69) is 6.92 Å². The molecule has 0 amide bonds. The van der Waals surface area contributed by atoms with Gasteiger partial charge in [-0.05, 0) is 68.6 Å². The number of epoxide rings is 1. The quantitative estimate of drug-likeness (QED) is 0.223. The van der Waals surface area contributed by atoms with Crippen LogP contribution in [0, 0.1) is 41.4 Å². The highest BCUT2D eigenvalue weighted by Crippen LogP contribution is 2.75. The molecule has 4 saturated heterocycles. The van der Waals surface area contributed by atoms with E-state index in [0.717, 1.165) is 0 Å². The minimum Gasteiger partial charge on any atom is -0.456 e. The van der Waals surface area contributed by atoms with Crippen LogP contribution < -0.4 is 0 Å².